The molecule has 0 fully saturated rings. The van der Waals surface area contributed by atoms with Gasteiger partial charge in [-0.15, -0.1) is 10.2 Å². The van der Waals surface area contributed by atoms with Crippen LogP contribution in [0.25, 0.3) is 11.4 Å². The molecule has 0 aliphatic heterocycles. The first kappa shape index (κ1) is 19.1. The summed E-state index contributed by atoms with van der Waals surface area (Å²) in [5, 5.41) is 11.0. The Bertz CT molecular complexity index is 874. The monoisotopic (exact) mass is 407 g/mol. The van der Waals surface area contributed by atoms with Crippen molar-refractivity contribution >= 4 is 35.0 Å². The van der Waals surface area contributed by atoms with Gasteiger partial charge in [0.05, 0.1) is 7.11 Å². The smallest absolute Gasteiger partial charge is 0.192 e. The fourth-order valence-corrected chi connectivity index (χ4v) is 4.39. The highest BCUT2D eigenvalue weighted by molar-refractivity contribution is 7.98. The average molecular weight is 408 g/mol. The molecule has 3 rings (SSSR count). The highest BCUT2D eigenvalue weighted by Crippen LogP contribution is 2.34. The number of aromatic nitrogens is 3. The van der Waals surface area contributed by atoms with E-state index in [1.54, 1.807) is 18.9 Å². The molecule has 1 aromatic heterocycles. The number of rotatable bonds is 6. The Hall–Kier alpha value is -1.69. The molecular weight excluding hydrogens is 389 g/mol. The van der Waals surface area contributed by atoms with Crippen molar-refractivity contribution in [3.63, 3.8) is 0 Å². The molecule has 4 nitrogen and oxygen atoms in total. The Balaban J connectivity index is 1.89. The zero-order valence-corrected chi connectivity index (χ0v) is 17.1. The van der Waals surface area contributed by atoms with E-state index in [2.05, 4.69) is 28.6 Å². The fraction of sp³-hybridized carbons (Fsp3) is 0.263. The van der Waals surface area contributed by atoms with Crippen molar-refractivity contribution in [3.05, 3.63) is 58.1 Å². The Labute approximate surface area is 167 Å². The Morgan fingerprint density at radius 3 is 2.27 bits per heavy atom. The van der Waals surface area contributed by atoms with E-state index in [4.69, 9.17) is 27.9 Å². The summed E-state index contributed by atoms with van der Waals surface area (Å²) in [7, 11) is 1.65. The maximum Gasteiger partial charge on any atom is 0.192 e. The van der Waals surface area contributed by atoms with Gasteiger partial charge >= 0.3 is 0 Å². The number of ether oxygens (including phenoxy) is 1. The van der Waals surface area contributed by atoms with E-state index in [0.29, 0.717) is 15.8 Å². The van der Waals surface area contributed by atoms with Crippen LogP contribution in [-0.4, -0.2) is 21.9 Å². The van der Waals surface area contributed by atoms with Crippen LogP contribution in [0.1, 0.15) is 25.5 Å². The summed E-state index contributed by atoms with van der Waals surface area (Å²) in [6.07, 6.45) is 0. The second-order valence-corrected chi connectivity index (χ2v) is 7.74. The van der Waals surface area contributed by atoms with Gasteiger partial charge < -0.3 is 4.74 Å². The van der Waals surface area contributed by atoms with Gasteiger partial charge in [0.15, 0.2) is 11.0 Å². The number of benzene rings is 2. The first-order valence-electron chi connectivity index (χ1n) is 8.16. The molecule has 0 spiro atoms. The van der Waals surface area contributed by atoms with Gasteiger partial charge in [-0.25, -0.2) is 0 Å². The molecule has 136 valence electrons. The molecule has 0 saturated carbocycles. The van der Waals surface area contributed by atoms with E-state index in [0.717, 1.165) is 27.9 Å². The molecule has 0 radical (unpaired) electrons. The first-order valence-corrected chi connectivity index (χ1v) is 9.90. The minimum absolute atomic E-state index is 0.214. The molecule has 3 aromatic rings. The molecule has 0 bridgehead atoms. The number of thioether (sulfide) groups is 1. The van der Waals surface area contributed by atoms with Gasteiger partial charge in [0.25, 0.3) is 0 Å². The van der Waals surface area contributed by atoms with Gasteiger partial charge in [0.2, 0.25) is 0 Å². The van der Waals surface area contributed by atoms with Gasteiger partial charge in [0.1, 0.15) is 5.75 Å². The third-order valence-corrected chi connectivity index (χ3v) is 5.61. The summed E-state index contributed by atoms with van der Waals surface area (Å²) in [4.78, 5) is 0. The van der Waals surface area contributed by atoms with Gasteiger partial charge in [-0.1, -0.05) is 41.0 Å². The molecule has 26 heavy (non-hydrogen) atoms. The molecule has 0 saturated heterocycles. The van der Waals surface area contributed by atoms with E-state index in [1.165, 1.54) is 0 Å². The van der Waals surface area contributed by atoms with Crippen LogP contribution in [0, 0.1) is 0 Å². The summed E-state index contributed by atoms with van der Waals surface area (Å²) >= 11 is 14.1. The highest BCUT2D eigenvalue weighted by atomic mass is 35.5. The summed E-state index contributed by atoms with van der Waals surface area (Å²) < 4.78 is 7.35. The number of halogens is 2. The zero-order valence-electron chi connectivity index (χ0n) is 14.7. The topological polar surface area (TPSA) is 39.9 Å². The van der Waals surface area contributed by atoms with E-state index < -0.39 is 0 Å². The fourth-order valence-electron chi connectivity index (χ4n) is 2.58. The molecule has 0 amide bonds. The maximum atomic E-state index is 6.28. The van der Waals surface area contributed by atoms with Crippen molar-refractivity contribution in [2.24, 2.45) is 0 Å². The lowest BCUT2D eigenvalue weighted by atomic mass is 10.2. The third-order valence-electron chi connectivity index (χ3n) is 3.94. The predicted molar refractivity (Wildman–Crippen MR) is 108 cm³/mol. The van der Waals surface area contributed by atoms with Crippen LogP contribution >= 0.6 is 35.0 Å². The van der Waals surface area contributed by atoms with E-state index >= 15 is 0 Å². The molecule has 7 heteroatoms. The maximum absolute atomic E-state index is 6.28. The Morgan fingerprint density at radius 1 is 1.04 bits per heavy atom. The molecule has 1 heterocycles. The SMILES string of the molecule is COc1ccc(-c2nnc(SCc3c(Cl)cccc3Cl)n2C(C)C)cc1. The van der Waals surface area contributed by atoms with Crippen molar-refractivity contribution < 1.29 is 4.74 Å². The van der Waals surface area contributed by atoms with Gasteiger partial charge in [0, 0.05) is 27.4 Å². The summed E-state index contributed by atoms with van der Waals surface area (Å²) in [6, 6.07) is 13.6. The van der Waals surface area contributed by atoms with Crippen molar-refractivity contribution in [1.29, 1.82) is 0 Å². The largest absolute Gasteiger partial charge is 0.497 e. The number of nitrogens with zero attached hydrogens (tertiary/aromatic N) is 3. The third kappa shape index (κ3) is 4.00. The lowest BCUT2D eigenvalue weighted by Gasteiger charge is -2.14. The Kier molecular flexibility index (Phi) is 6.12. The molecule has 2 aromatic carbocycles. The van der Waals surface area contributed by atoms with Gasteiger partial charge in [-0.3, -0.25) is 4.57 Å². The van der Waals surface area contributed by atoms with E-state index in [1.807, 2.05) is 42.5 Å². The number of methoxy groups -OCH3 is 1. The quantitative estimate of drug-likeness (QED) is 0.460. The van der Waals surface area contributed by atoms with Crippen LogP contribution in [0.5, 0.6) is 5.75 Å². The summed E-state index contributed by atoms with van der Waals surface area (Å²) in [5.41, 5.74) is 1.90. The molecule has 0 aliphatic rings. The molecule has 0 unspecified atom stereocenters. The molecule has 0 atom stereocenters. The minimum Gasteiger partial charge on any atom is -0.497 e. The Morgan fingerprint density at radius 2 is 1.69 bits per heavy atom. The predicted octanol–water partition coefficient (Wildman–Crippen LogP) is 6.13. The van der Waals surface area contributed by atoms with Crippen LogP contribution in [0.15, 0.2) is 47.6 Å². The average Bonchev–Trinajstić information content (AvgIpc) is 3.05. The second kappa shape index (κ2) is 8.33. The van der Waals surface area contributed by atoms with Crippen LogP contribution < -0.4 is 4.74 Å². The summed E-state index contributed by atoms with van der Waals surface area (Å²) in [5.74, 6) is 2.27. The second-order valence-electron chi connectivity index (χ2n) is 5.99. The molecule has 0 N–H and O–H groups in total. The number of hydrogen-bond acceptors (Lipinski definition) is 4. The van der Waals surface area contributed by atoms with Crippen molar-refractivity contribution in [2.45, 2.75) is 30.8 Å². The van der Waals surface area contributed by atoms with Crippen LogP contribution in [0.2, 0.25) is 10.0 Å². The zero-order chi connectivity index (χ0) is 18.7. The highest BCUT2D eigenvalue weighted by Gasteiger charge is 2.18. The van der Waals surface area contributed by atoms with Crippen molar-refractivity contribution in [2.75, 3.05) is 7.11 Å². The summed E-state index contributed by atoms with van der Waals surface area (Å²) in [6.45, 7) is 4.23. The lowest BCUT2D eigenvalue weighted by Crippen LogP contribution is -2.05. The number of hydrogen-bond donors (Lipinski definition) is 0. The minimum atomic E-state index is 0.214. The lowest BCUT2D eigenvalue weighted by molar-refractivity contribution is 0.415. The van der Waals surface area contributed by atoms with Crippen LogP contribution in [0.3, 0.4) is 0 Å². The van der Waals surface area contributed by atoms with Crippen LogP contribution in [0.4, 0.5) is 0 Å². The van der Waals surface area contributed by atoms with Crippen LogP contribution in [-0.2, 0) is 5.75 Å². The normalized spacial score (nSPS) is 11.2. The van der Waals surface area contributed by atoms with E-state index in [9.17, 15) is 0 Å². The molecular formula is C19H19Cl2N3OS. The van der Waals surface area contributed by atoms with Gasteiger partial charge in [-0.2, -0.15) is 0 Å². The first-order chi connectivity index (χ1) is 12.5. The van der Waals surface area contributed by atoms with Crippen molar-refractivity contribution in [3.8, 4) is 17.1 Å². The van der Waals surface area contributed by atoms with Gasteiger partial charge in [-0.05, 0) is 55.8 Å². The van der Waals surface area contributed by atoms with E-state index in [-0.39, 0.29) is 6.04 Å². The standard InChI is InChI=1S/C19H19Cl2N3OS/c1-12(2)24-18(13-7-9-14(25-3)10-8-13)22-23-19(24)26-11-15-16(20)5-4-6-17(15)21/h4-10,12H,11H2,1-3H3. The van der Waals surface area contributed by atoms with Crippen molar-refractivity contribution in [1.82, 2.24) is 14.8 Å². The molecule has 0 aliphatic carbocycles.